The molecule has 8 heteroatoms. The Labute approximate surface area is 166 Å². The molecule has 0 heterocycles. The van der Waals surface area contributed by atoms with Crippen molar-refractivity contribution >= 4 is 35.8 Å². The van der Waals surface area contributed by atoms with Gasteiger partial charge >= 0.3 is 0 Å². The number of hydrogen-bond donors (Lipinski definition) is 4. The van der Waals surface area contributed by atoms with Crippen molar-refractivity contribution in [2.24, 2.45) is 16.9 Å². The van der Waals surface area contributed by atoms with Gasteiger partial charge in [0.05, 0.1) is 11.3 Å². The van der Waals surface area contributed by atoms with Gasteiger partial charge in [-0.25, -0.2) is 0 Å². The van der Waals surface area contributed by atoms with Crippen molar-refractivity contribution in [1.82, 2.24) is 5.32 Å². The maximum absolute atomic E-state index is 12.6. The molecule has 1 aromatic carbocycles. The number of rotatable bonds is 8. The number of carbonyl (C=O) groups excluding carboxylic acids is 3. The Morgan fingerprint density at radius 2 is 1.74 bits per heavy atom. The lowest BCUT2D eigenvalue weighted by molar-refractivity contribution is -0.119. The second-order valence-electron chi connectivity index (χ2n) is 7.01. The van der Waals surface area contributed by atoms with Gasteiger partial charge < -0.3 is 22.1 Å². The Bertz CT molecular complexity index is 660. The first-order valence-electron chi connectivity index (χ1n) is 9.11. The Balaban J connectivity index is 0.00000364. The Morgan fingerprint density at radius 3 is 2.37 bits per heavy atom. The average Bonchev–Trinajstić information content (AvgIpc) is 2.62. The third kappa shape index (κ3) is 6.84. The van der Waals surface area contributed by atoms with Gasteiger partial charge in [0.15, 0.2) is 0 Å². The van der Waals surface area contributed by atoms with Crippen LogP contribution in [0.2, 0.25) is 0 Å². The molecule has 27 heavy (non-hydrogen) atoms. The molecule has 6 N–H and O–H groups in total. The first kappa shape index (κ1) is 22.9. The van der Waals surface area contributed by atoms with Crippen LogP contribution in [0.3, 0.4) is 0 Å². The molecule has 0 aromatic heterocycles. The topological polar surface area (TPSA) is 127 Å². The lowest BCUT2D eigenvalue weighted by Crippen LogP contribution is -2.36. The molecule has 7 nitrogen and oxygen atoms in total. The van der Waals surface area contributed by atoms with Crippen molar-refractivity contribution in [3.05, 3.63) is 29.8 Å². The second-order valence-corrected chi connectivity index (χ2v) is 7.01. The highest BCUT2D eigenvalue weighted by molar-refractivity contribution is 6.03. The van der Waals surface area contributed by atoms with Crippen LogP contribution in [0.4, 0.5) is 5.69 Å². The van der Waals surface area contributed by atoms with E-state index >= 15 is 0 Å². The number of para-hydroxylation sites is 1. The van der Waals surface area contributed by atoms with E-state index in [0.717, 1.165) is 25.7 Å². The standard InChI is InChI=1S/C19H28N4O3.ClH/c20-13-19(9-4-1-5-10-19)12-17(25)23-15-7-3-2-6-14(15)18(26)22-11-8-16(21)24;/h2-3,6-7H,1,4-5,8-13,20H2,(H2,21,24)(H,22,26)(H,23,25);1H. The fourth-order valence-corrected chi connectivity index (χ4v) is 3.47. The molecule has 150 valence electrons. The van der Waals surface area contributed by atoms with Crippen LogP contribution in [0.1, 0.15) is 55.3 Å². The van der Waals surface area contributed by atoms with Crippen LogP contribution < -0.4 is 22.1 Å². The van der Waals surface area contributed by atoms with Crippen molar-refractivity contribution in [3.8, 4) is 0 Å². The number of primary amides is 1. The highest BCUT2D eigenvalue weighted by Crippen LogP contribution is 2.38. The largest absolute Gasteiger partial charge is 0.370 e. The molecule has 0 radical (unpaired) electrons. The van der Waals surface area contributed by atoms with E-state index in [1.807, 2.05) is 0 Å². The first-order chi connectivity index (χ1) is 12.5. The van der Waals surface area contributed by atoms with Gasteiger partial charge in [0.1, 0.15) is 0 Å². The summed E-state index contributed by atoms with van der Waals surface area (Å²) in [6.45, 7) is 0.655. The molecule has 1 aliphatic rings. The third-order valence-electron chi connectivity index (χ3n) is 4.99. The predicted octanol–water partition coefficient (Wildman–Crippen LogP) is 1.95. The Kier molecular flexibility index (Phi) is 9.25. The molecule has 1 saturated carbocycles. The van der Waals surface area contributed by atoms with E-state index in [1.54, 1.807) is 24.3 Å². The van der Waals surface area contributed by atoms with E-state index in [1.165, 1.54) is 6.42 Å². The minimum Gasteiger partial charge on any atom is -0.370 e. The monoisotopic (exact) mass is 396 g/mol. The number of carbonyl (C=O) groups is 3. The number of nitrogens with two attached hydrogens (primary N) is 2. The third-order valence-corrected chi connectivity index (χ3v) is 4.99. The molecule has 0 unspecified atom stereocenters. The minimum absolute atomic E-state index is 0. The summed E-state index contributed by atoms with van der Waals surface area (Å²) in [5, 5.41) is 5.48. The van der Waals surface area contributed by atoms with Gasteiger partial charge in [-0.3, -0.25) is 14.4 Å². The highest BCUT2D eigenvalue weighted by Gasteiger charge is 2.33. The van der Waals surface area contributed by atoms with Crippen LogP contribution >= 0.6 is 12.4 Å². The molecule has 0 aliphatic heterocycles. The van der Waals surface area contributed by atoms with Crippen LogP contribution in [0.25, 0.3) is 0 Å². The van der Waals surface area contributed by atoms with E-state index in [-0.39, 0.29) is 42.6 Å². The number of hydrogen-bond acceptors (Lipinski definition) is 4. The molecule has 1 aliphatic carbocycles. The van der Waals surface area contributed by atoms with Crippen molar-refractivity contribution in [1.29, 1.82) is 0 Å². The van der Waals surface area contributed by atoms with E-state index in [0.29, 0.717) is 24.2 Å². The zero-order valence-electron chi connectivity index (χ0n) is 15.5. The molecule has 0 atom stereocenters. The molecule has 1 fully saturated rings. The zero-order valence-corrected chi connectivity index (χ0v) is 16.3. The predicted molar refractivity (Wildman–Crippen MR) is 108 cm³/mol. The minimum atomic E-state index is -0.480. The van der Waals surface area contributed by atoms with E-state index in [4.69, 9.17) is 11.5 Å². The molecule has 0 spiro atoms. The maximum atomic E-state index is 12.6. The zero-order chi connectivity index (χ0) is 19.0. The summed E-state index contributed by atoms with van der Waals surface area (Å²) < 4.78 is 0. The number of anilines is 1. The first-order valence-corrected chi connectivity index (χ1v) is 9.11. The molecular weight excluding hydrogens is 368 g/mol. The number of nitrogens with one attached hydrogen (secondary N) is 2. The lowest BCUT2D eigenvalue weighted by atomic mass is 9.71. The van der Waals surface area contributed by atoms with Gasteiger partial charge in [-0.1, -0.05) is 31.4 Å². The number of amides is 3. The highest BCUT2D eigenvalue weighted by atomic mass is 35.5. The molecular formula is C19H29ClN4O3. The summed E-state index contributed by atoms with van der Waals surface area (Å²) in [6.07, 6.45) is 5.75. The van der Waals surface area contributed by atoms with Gasteiger partial charge in [0.25, 0.3) is 5.91 Å². The van der Waals surface area contributed by atoms with Crippen molar-refractivity contribution in [2.45, 2.75) is 44.9 Å². The van der Waals surface area contributed by atoms with E-state index < -0.39 is 5.91 Å². The summed E-state index contributed by atoms with van der Waals surface area (Å²) in [4.78, 5) is 35.6. The molecule has 2 rings (SSSR count). The Hall–Kier alpha value is -2.12. The normalized spacial score (nSPS) is 15.3. The SMILES string of the molecule is Cl.NCC1(CC(=O)Nc2ccccc2C(=O)NCCC(N)=O)CCCCC1. The van der Waals surface area contributed by atoms with Crippen LogP contribution in [-0.4, -0.2) is 30.8 Å². The lowest BCUT2D eigenvalue weighted by Gasteiger charge is -2.35. The van der Waals surface area contributed by atoms with Gasteiger partial charge in [0, 0.05) is 19.4 Å². The van der Waals surface area contributed by atoms with E-state index in [9.17, 15) is 14.4 Å². The fraction of sp³-hybridized carbons (Fsp3) is 0.526. The average molecular weight is 397 g/mol. The fourth-order valence-electron chi connectivity index (χ4n) is 3.47. The van der Waals surface area contributed by atoms with Crippen molar-refractivity contribution in [2.75, 3.05) is 18.4 Å². The van der Waals surface area contributed by atoms with E-state index in [2.05, 4.69) is 10.6 Å². The number of benzene rings is 1. The summed E-state index contributed by atoms with van der Waals surface area (Å²) in [5.74, 6) is -0.963. The second kappa shape index (κ2) is 10.9. The van der Waals surface area contributed by atoms with Gasteiger partial charge in [-0.15, -0.1) is 12.4 Å². The van der Waals surface area contributed by atoms with Crippen LogP contribution in [0, 0.1) is 5.41 Å². The quantitative estimate of drug-likeness (QED) is 0.535. The molecule has 0 saturated heterocycles. The van der Waals surface area contributed by atoms with Crippen LogP contribution in [0.15, 0.2) is 24.3 Å². The smallest absolute Gasteiger partial charge is 0.253 e. The molecule has 0 bridgehead atoms. The molecule has 3 amide bonds. The van der Waals surface area contributed by atoms with Gasteiger partial charge in [-0.05, 0) is 36.9 Å². The van der Waals surface area contributed by atoms with Gasteiger partial charge in [0.2, 0.25) is 11.8 Å². The summed E-state index contributed by atoms with van der Waals surface area (Å²) in [5.41, 5.74) is 11.7. The maximum Gasteiger partial charge on any atom is 0.253 e. The van der Waals surface area contributed by atoms with Crippen molar-refractivity contribution in [3.63, 3.8) is 0 Å². The summed E-state index contributed by atoms with van der Waals surface area (Å²) >= 11 is 0. The van der Waals surface area contributed by atoms with Gasteiger partial charge in [-0.2, -0.15) is 0 Å². The van der Waals surface area contributed by atoms with Crippen LogP contribution in [0.5, 0.6) is 0 Å². The summed E-state index contributed by atoms with van der Waals surface area (Å²) in [7, 11) is 0. The summed E-state index contributed by atoms with van der Waals surface area (Å²) in [6, 6.07) is 6.81. The van der Waals surface area contributed by atoms with Crippen molar-refractivity contribution < 1.29 is 14.4 Å². The Morgan fingerprint density at radius 1 is 1.07 bits per heavy atom. The number of halogens is 1. The van der Waals surface area contributed by atoms with Crippen LogP contribution in [-0.2, 0) is 9.59 Å². The molecule has 1 aromatic rings.